The monoisotopic (exact) mass is 562 g/mol. The maximum absolute atomic E-state index is 14.4. The number of carbonyl (C=O) groups excluding carboxylic acids is 3. The van der Waals surface area contributed by atoms with Crippen LogP contribution in [0.15, 0.2) is 41.8 Å². The largest absolute Gasteiger partial charge is 0.344 e. The van der Waals surface area contributed by atoms with Crippen molar-refractivity contribution < 1.29 is 14.4 Å². The third kappa shape index (κ3) is 6.55. The van der Waals surface area contributed by atoms with Gasteiger partial charge in [-0.3, -0.25) is 19.3 Å². The van der Waals surface area contributed by atoms with E-state index in [1.54, 1.807) is 12.2 Å². The first-order chi connectivity index (χ1) is 19.4. The van der Waals surface area contributed by atoms with Gasteiger partial charge in [0.2, 0.25) is 17.6 Å². The van der Waals surface area contributed by atoms with Gasteiger partial charge in [0.15, 0.2) is 0 Å². The van der Waals surface area contributed by atoms with E-state index in [0.29, 0.717) is 24.8 Å². The molecule has 0 radical (unpaired) electrons. The van der Waals surface area contributed by atoms with Gasteiger partial charge >= 0.3 is 0 Å². The van der Waals surface area contributed by atoms with E-state index in [4.69, 9.17) is 4.98 Å². The van der Waals surface area contributed by atoms with Gasteiger partial charge in [0, 0.05) is 30.4 Å². The zero-order valence-electron chi connectivity index (χ0n) is 23.8. The number of benzene rings is 1. The molecule has 3 fully saturated rings. The first-order valence-electron chi connectivity index (χ1n) is 15.0. The lowest BCUT2D eigenvalue weighted by Crippen LogP contribution is -2.60. The normalized spacial score (nSPS) is 23.6. The predicted molar refractivity (Wildman–Crippen MR) is 159 cm³/mol. The second-order valence-electron chi connectivity index (χ2n) is 11.7. The lowest BCUT2D eigenvalue weighted by molar-refractivity contribution is -0.144. The minimum Gasteiger partial charge on any atom is -0.344 e. The number of hydrogen-bond acceptors (Lipinski definition) is 6. The minimum absolute atomic E-state index is 0.0205. The average molecular weight is 563 g/mol. The number of amides is 2. The van der Waals surface area contributed by atoms with Crippen molar-refractivity contribution in [3.8, 4) is 0 Å². The molecule has 8 heteroatoms. The Bertz CT molecular complexity index is 1210. The molecule has 214 valence electrons. The number of aromatic nitrogens is 1. The summed E-state index contributed by atoms with van der Waals surface area (Å²) in [6.07, 6.45) is 11.6. The molecule has 2 aromatic rings. The van der Waals surface area contributed by atoms with Gasteiger partial charge in [0.1, 0.15) is 16.7 Å². The summed E-state index contributed by atoms with van der Waals surface area (Å²) in [5, 5.41) is 5.81. The lowest BCUT2D eigenvalue weighted by Gasteiger charge is -2.45. The van der Waals surface area contributed by atoms with Gasteiger partial charge in [0.05, 0.1) is 6.04 Å². The molecule has 4 atom stereocenters. The predicted octanol–water partition coefficient (Wildman–Crippen LogP) is 5.50. The molecule has 3 heterocycles. The van der Waals surface area contributed by atoms with Crippen LogP contribution in [0.25, 0.3) is 6.08 Å². The highest BCUT2D eigenvalue weighted by Crippen LogP contribution is 2.36. The number of ketones is 1. The van der Waals surface area contributed by atoms with Crippen LogP contribution in [0.3, 0.4) is 0 Å². The highest BCUT2D eigenvalue weighted by molar-refractivity contribution is 7.10. The number of allylic oxidation sites excluding steroid dienone is 1. The molecular weight excluding hydrogens is 520 g/mol. The van der Waals surface area contributed by atoms with Gasteiger partial charge < -0.3 is 10.2 Å². The standard InChI is InChI=1S/C32H42N4O3S/c1-3-22(2)30(38)34-29(24-13-8-5-9-14-24)32(39)36-19-25-15-10-18-35(25)20-27(36)31-33-26(21-40-31)28(37)17-16-23-11-6-4-7-12-23/h4,6-7,11-12,16-17,21-22,24-25,27,29H,3,5,8-10,13-15,18-20H2,1-2H3,(H,34,38)/b17-16+/t22-,25-,27+,29+/m1/s1. The second-order valence-corrected chi connectivity index (χ2v) is 12.6. The Hall–Kier alpha value is -2.84. The summed E-state index contributed by atoms with van der Waals surface area (Å²) >= 11 is 1.46. The van der Waals surface area contributed by atoms with Crippen molar-refractivity contribution in [3.05, 3.63) is 58.1 Å². The summed E-state index contributed by atoms with van der Waals surface area (Å²) < 4.78 is 0. The number of piperazine rings is 1. The SMILES string of the molecule is CC[C@@H](C)C(=O)N[C@H](C(=O)N1C[C@H]2CCCN2C[C@H]1c1nc(C(=O)/C=C/c2ccccc2)cs1)C1CCCCC1. The van der Waals surface area contributed by atoms with E-state index in [1.165, 1.54) is 17.8 Å². The van der Waals surface area contributed by atoms with Crippen LogP contribution in [0, 0.1) is 11.8 Å². The van der Waals surface area contributed by atoms with Crippen molar-refractivity contribution in [2.24, 2.45) is 11.8 Å². The molecule has 2 saturated heterocycles. The molecule has 1 N–H and O–H groups in total. The topological polar surface area (TPSA) is 82.6 Å². The molecule has 1 aromatic heterocycles. The smallest absolute Gasteiger partial charge is 0.246 e. The van der Waals surface area contributed by atoms with E-state index in [1.807, 2.05) is 54.5 Å². The first-order valence-corrected chi connectivity index (χ1v) is 15.9. The molecule has 0 unspecified atom stereocenters. The van der Waals surface area contributed by atoms with Gasteiger partial charge in [-0.15, -0.1) is 11.3 Å². The third-order valence-electron chi connectivity index (χ3n) is 9.00. The van der Waals surface area contributed by atoms with E-state index in [-0.39, 0.29) is 35.5 Å². The Morgan fingerprint density at radius 1 is 1.07 bits per heavy atom. The molecule has 0 spiro atoms. The van der Waals surface area contributed by atoms with Crippen LogP contribution in [-0.4, -0.2) is 64.1 Å². The summed E-state index contributed by atoms with van der Waals surface area (Å²) in [5.74, 6) is -0.118. The fourth-order valence-electron chi connectivity index (χ4n) is 6.36. The van der Waals surface area contributed by atoms with Crippen molar-refractivity contribution in [3.63, 3.8) is 0 Å². The van der Waals surface area contributed by atoms with Crippen LogP contribution in [0.4, 0.5) is 0 Å². The molecule has 40 heavy (non-hydrogen) atoms. The number of nitrogens with zero attached hydrogens (tertiary/aromatic N) is 3. The Morgan fingerprint density at radius 3 is 2.60 bits per heavy atom. The summed E-state index contributed by atoms with van der Waals surface area (Å²) in [4.78, 5) is 49.7. The molecule has 2 amide bonds. The Kier molecular flexibility index (Phi) is 9.48. The maximum atomic E-state index is 14.4. The van der Waals surface area contributed by atoms with Gasteiger partial charge in [-0.05, 0) is 56.2 Å². The van der Waals surface area contributed by atoms with Crippen LogP contribution in [0.2, 0.25) is 0 Å². The van der Waals surface area contributed by atoms with Crippen LogP contribution in [-0.2, 0) is 9.59 Å². The highest BCUT2D eigenvalue weighted by Gasteiger charge is 2.44. The molecule has 1 saturated carbocycles. The summed E-state index contributed by atoms with van der Waals surface area (Å²) in [5.41, 5.74) is 1.38. The number of rotatable bonds is 9. The van der Waals surface area contributed by atoms with Gasteiger partial charge in [0.25, 0.3) is 0 Å². The van der Waals surface area contributed by atoms with Gasteiger partial charge in [-0.25, -0.2) is 4.98 Å². The number of fused-ring (bicyclic) bond motifs is 1. The fourth-order valence-corrected chi connectivity index (χ4v) is 7.27. The molecule has 1 aliphatic carbocycles. The maximum Gasteiger partial charge on any atom is 0.246 e. The molecule has 0 bridgehead atoms. The molecular formula is C32H42N4O3S. The van der Waals surface area contributed by atoms with E-state index in [9.17, 15) is 14.4 Å². The first kappa shape index (κ1) is 28.7. The highest BCUT2D eigenvalue weighted by atomic mass is 32.1. The minimum atomic E-state index is -0.507. The Labute approximate surface area is 242 Å². The molecule has 3 aliphatic rings. The number of thiazole rings is 1. The van der Waals surface area contributed by atoms with Crippen LogP contribution >= 0.6 is 11.3 Å². The molecule has 7 nitrogen and oxygen atoms in total. The quantitative estimate of drug-likeness (QED) is 0.323. The van der Waals surface area contributed by atoms with Crippen molar-refractivity contribution >= 4 is 35.0 Å². The van der Waals surface area contributed by atoms with E-state index in [2.05, 4.69) is 10.2 Å². The lowest BCUT2D eigenvalue weighted by atomic mass is 9.82. The van der Waals surface area contributed by atoms with E-state index < -0.39 is 6.04 Å². The van der Waals surface area contributed by atoms with Crippen molar-refractivity contribution in [2.45, 2.75) is 83.3 Å². The number of hydrogen-bond donors (Lipinski definition) is 1. The van der Waals surface area contributed by atoms with Gasteiger partial charge in [-0.2, -0.15) is 0 Å². The van der Waals surface area contributed by atoms with Gasteiger partial charge in [-0.1, -0.05) is 69.5 Å². The fraction of sp³-hybridized carbons (Fsp3) is 0.562. The van der Waals surface area contributed by atoms with E-state index >= 15 is 0 Å². The van der Waals surface area contributed by atoms with Crippen LogP contribution < -0.4 is 5.32 Å². The zero-order valence-corrected chi connectivity index (χ0v) is 24.6. The molecule has 5 rings (SSSR count). The Balaban J connectivity index is 1.39. The molecule has 1 aromatic carbocycles. The third-order valence-corrected chi connectivity index (χ3v) is 9.95. The summed E-state index contributed by atoms with van der Waals surface area (Å²) in [6, 6.07) is 9.35. The number of nitrogens with one attached hydrogen (secondary N) is 1. The van der Waals surface area contributed by atoms with Crippen LogP contribution in [0.1, 0.15) is 92.3 Å². The second kappa shape index (κ2) is 13.2. The summed E-state index contributed by atoms with van der Waals surface area (Å²) in [6.45, 7) is 6.32. The Morgan fingerprint density at radius 2 is 1.85 bits per heavy atom. The molecule has 2 aliphatic heterocycles. The summed E-state index contributed by atoms with van der Waals surface area (Å²) in [7, 11) is 0. The van der Waals surface area contributed by atoms with E-state index in [0.717, 1.165) is 62.1 Å². The average Bonchev–Trinajstić information content (AvgIpc) is 3.68. The van der Waals surface area contributed by atoms with Crippen molar-refractivity contribution in [2.75, 3.05) is 19.6 Å². The number of carbonyl (C=O) groups is 3. The van der Waals surface area contributed by atoms with Crippen molar-refractivity contribution in [1.29, 1.82) is 0 Å². The van der Waals surface area contributed by atoms with Crippen molar-refractivity contribution in [1.82, 2.24) is 20.1 Å². The van der Waals surface area contributed by atoms with Crippen LogP contribution in [0.5, 0.6) is 0 Å². The zero-order chi connectivity index (χ0) is 28.1.